The summed E-state index contributed by atoms with van der Waals surface area (Å²) in [5.41, 5.74) is 2.30. The first-order chi connectivity index (χ1) is 9.66. The largest absolute Gasteiger partial charge is 0.481 e. The molecule has 2 unspecified atom stereocenters. The highest BCUT2D eigenvalue weighted by Crippen LogP contribution is 2.36. The van der Waals surface area contributed by atoms with Crippen LogP contribution >= 0.6 is 0 Å². The molecule has 1 heterocycles. The number of carbonyl (C=O) groups excluding carboxylic acids is 1. The molecule has 1 aliphatic carbocycles. The molecule has 1 amide bonds. The summed E-state index contributed by atoms with van der Waals surface area (Å²) < 4.78 is 5.31. The Morgan fingerprint density at radius 3 is 2.90 bits per heavy atom. The van der Waals surface area contributed by atoms with E-state index >= 15 is 0 Å². The maximum Gasteiger partial charge on any atom is 0.305 e. The molecule has 20 heavy (non-hydrogen) atoms. The Kier molecular flexibility index (Phi) is 3.44. The minimum Gasteiger partial charge on any atom is -0.481 e. The van der Waals surface area contributed by atoms with Crippen molar-refractivity contribution in [3.05, 3.63) is 35.4 Å². The Morgan fingerprint density at radius 2 is 2.15 bits per heavy atom. The molecule has 0 bridgehead atoms. The van der Waals surface area contributed by atoms with Gasteiger partial charge in [-0.1, -0.05) is 24.3 Å². The third-order valence-corrected chi connectivity index (χ3v) is 4.07. The van der Waals surface area contributed by atoms with E-state index in [1.807, 2.05) is 24.3 Å². The predicted octanol–water partition coefficient (Wildman–Crippen LogP) is 1.03. The molecule has 5 nitrogen and oxygen atoms in total. The van der Waals surface area contributed by atoms with E-state index in [0.717, 1.165) is 12.0 Å². The number of carboxylic acids is 1. The van der Waals surface area contributed by atoms with Crippen molar-refractivity contribution in [2.75, 3.05) is 19.8 Å². The van der Waals surface area contributed by atoms with Crippen molar-refractivity contribution >= 4 is 11.9 Å². The number of fused-ring (bicyclic) bond motifs is 1. The molecular formula is C15H17NO4. The Hall–Kier alpha value is -1.88. The molecule has 3 rings (SSSR count). The Bertz CT molecular complexity index is 542. The monoisotopic (exact) mass is 275 g/mol. The number of rotatable bonds is 3. The Balaban J connectivity index is 1.74. The second-order valence-corrected chi connectivity index (χ2v) is 5.31. The number of hydrogen-bond acceptors (Lipinski definition) is 3. The molecule has 0 aromatic heterocycles. The van der Waals surface area contributed by atoms with Crippen LogP contribution in [0, 0.1) is 0 Å². The van der Waals surface area contributed by atoms with Crippen LogP contribution < -0.4 is 0 Å². The van der Waals surface area contributed by atoms with Crippen molar-refractivity contribution < 1.29 is 19.4 Å². The van der Waals surface area contributed by atoms with Crippen LogP contribution in [0.15, 0.2) is 24.3 Å². The summed E-state index contributed by atoms with van der Waals surface area (Å²) >= 11 is 0. The van der Waals surface area contributed by atoms with Crippen LogP contribution in [0.1, 0.15) is 23.5 Å². The van der Waals surface area contributed by atoms with Crippen molar-refractivity contribution in [2.24, 2.45) is 0 Å². The zero-order valence-corrected chi connectivity index (χ0v) is 11.1. The van der Waals surface area contributed by atoms with Gasteiger partial charge < -0.3 is 14.7 Å². The maximum absolute atomic E-state index is 12.6. The molecule has 2 aliphatic rings. The third kappa shape index (κ3) is 2.29. The molecule has 1 fully saturated rings. The summed E-state index contributed by atoms with van der Waals surface area (Å²) in [5.74, 6) is -0.967. The fourth-order valence-electron chi connectivity index (χ4n) is 2.99. The first-order valence-corrected chi connectivity index (χ1v) is 6.84. The van der Waals surface area contributed by atoms with E-state index in [0.29, 0.717) is 19.8 Å². The van der Waals surface area contributed by atoms with Gasteiger partial charge in [-0.05, 0) is 17.5 Å². The lowest BCUT2D eigenvalue weighted by Gasteiger charge is -2.40. The van der Waals surface area contributed by atoms with Crippen molar-refractivity contribution in [1.82, 2.24) is 4.90 Å². The molecule has 1 aromatic carbocycles. The molecule has 5 heteroatoms. The summed E-state index contributed by atoms with van der Waals surface area (Å²) in [6.45, 7) is 1.28. The van der Waals surface area contributed by atoms with E-state index in [-0.39, 0.29) is 24.3 Å². The van der Waals surface area contributed by atoms with Gasteiger partial charge in [0.2, 0.25) is 5.91 Å². The van der Waals surface area contributed by atoms with Gasteiger partial charge >= 0.3 is 5.97 Å². The number of carbonyl (C=O) groups is 2. The Labute approximate surface area is 117 Å². The van der Waals surface area contributed by atoms with Crippen LogP contribution in [-0.4, -0.2) is 47.7 Å². The van der Waals surface area contributed by atoms with Gasteiger partial charge in [-0.3, -0.25) is 9.59 Å². The lowest BCUT2D eigenvalue weighted by Crippen LogP contribution is -2.52. The van der Waals surface area contributed by atoms with E-state index in [9.17, 15) is 9.59 Å². The highest BCUT2D eigenvalue weighted by molar-refractivity contribution is 5.87. The normalized spacial score (nSPS) is 24.7. The van der Waals surface area contributed by atoms with Gasteiger partial charge in [0, 0.05) is 6.54 Å². The smallest absolute Gasteiger partial charge is 0.305 e. The number of hydrogen-bond donors (Lipinski definition) is 1. The fourth-order valence-corrected chi connectivity index (χ4v) is 2.99. The summed E-state index contributed by atoms with van der Waals surface area (Å²) in [6.07, 6.45) is 0.701. The highest BCUT2D eigenvalue weighted by Gasteiger charge is 2.38. The molecule has 2 atom stereocenters. The first kappa shape index (κ1) is 13.1. The van der Waals surface area contributed by atoms with Crippen LogP contribution in [-0.2, 0) is 20.7 Å². The lowest BCUT2D eigenvalue weighted by molar-refractivity contribution is -0.147. The zero-order chi connectivity index (χ0) is 14.1. The summed E-state index contributed by atoms with van der Waals surface area (Å²) in [6, 6.07) is 7.58. The molecule has 106 valence electrons. The van der Waals surface area contributed by atoms with E-state index in [1.54, 1.807) is 4.90 Å². The minimum atomic E-state index is -0.896. The second kappa shape index (κ2) is 5.25. The summed E-state index contributed by atoms with van der Waals surface area (Å²) in [7, 11) is 0. The summed E-state index contributed by atoms with van der Waals surface area (Å²) in [4.78, 5) is 25.2. The molecule has 1 N–H and O–H groups in total. The van der Waals surface area contributed by atoms with Gasteiger partial charge in [0.15, 0.2) is 0 Å². The van der Waals surface area contributed by atoms with Crippen molar-refractivity contribution in [1.29, 1.82) is 0 Å². The average Bonchev–Trinajstić information content (AvgIpc) is 2.40. The van der Waals surface area contributed by atoms with Gasteiger partial charge in [-0.15, -0.1) is 0 Å². The minimum absolute atomic E-state index is 0.0400. The first-order valence-electron chi connectivity index (χ1n) is 6.84. The second-order valence-electron chi connectivity index (χ2n) is 5.31. The van der Waals surface area contributed by atoms with Crippen LogP contribution in [0.2, 0.25) is 0 Å². The van der Waals surface area contributed by atoms with Gasteiger partial charge in [-0.2, -0.15) is 0 Å². The lowest BCUT2D eigenvalue weighted by atomic mass is 9.76. The quantitative estimate of drug-likeness (QED) is 0.894. The van der Waals surface area contributed by atoms with E-state index in [4.69, 9.17) is 9.84 Å². The average molecular weight is 275 g/mol. The van der Waals surface area contributed by atoms with Crippen molar-refractivity contribution in [3.8, 4) is 0 Å². The standard InChI is InChI=1S/C15H17NO4/c17-14(18)8-11-9-20-6-5-16(11)15(19)13-7-10-3-1-2-4-12(10)13/h1-4,11,13H,5-9H2,(H,17,18). The number of ether oxygens (including phenoxy) is 1. The molecule has 1 saturated heterocycles. The SMILES string of the molecule is O=C(O)CC1COCCN1C(=O)C1Cc2ccccc21. The predicted molar refractivity (Wildman–Crippen MR) is 71.5 cm³/mol. The number of carboxylic acid groups (broad SMARTS) is 1. The van der Waals surface area contributed by atoms with E-state index in [2.05, 4.69) is 0 Å². The zero-order valence-electron chi connectivity index (χ0n) is 11.1. The van der Waals surface area contributed by atoms with E-state index in [1.165, 1.54) is 5.56 Å². The molecule has 0 spiro atoms. The van der Waals surface area contributed by atoms with Crippen LogP contribution in [0.5, 0.6) is 0 Å². The van der Waals surface area contributed by atoms with Crippen LogP contribution in [0.3, 0.4) is 0 Å². The number of morpholine rings is 1. The third-order valence-electron chi connectivity index (χ3n) is 4.07. The molecule has 0 saturated carbocycles. The van der Waals surface area contributed by atoms with Gasteiger partial charge in [-0.25, -0.2) is 0 Å². The highest BCUT2D eigenvalue weighted by atomic mass is 16.5. The van der Waals surface area contributed by atoms with E-state index < -0.39 is 5.97 Å². The molecular weight excluding hydrogens is 258 g/mol. The summed E-state index contributed by atoms with van der Waals surface area (Å²) in [5, 5.41) is 8.94. The van der Waals surface area contributed by atoms with Crippen molar-refractivity contribution in [3.63, 3.8) is 0 Å². The number of benzene rings is 1. The van der Waals surface area contributed by atoms with Crippen LogP contribution in [0.25, 0.3) is 0 Å². The van der Waals surface area contributed by atoms with Gasteiger partial charge in [0.05, 0.1) is 31.6 Å². The molecule has 1 aliphatic heterocycles. The number of nitrogens with zero attached hydrogens (tertiary/aromatic N) is 1. The van der Waals surface area contributed by atoms with Gasteiger partial charge in [0.1, 0.15) is 0 Å². The topological polar surface area (TPSA) is 66.8 Å². The number of aliphatic carboxylic acids is 1. The fraction of sp³-hybridized carbons (Fsp3) is 0.467. The van der Waals surface area contributed by atoms with Crippen molar-refractivity contribution in [2.45, 2.75) is 24.8 Å². The maximum atomic E-state index is 12.6. The Morgan fingerprint density at radius 1 is 1.35 bits per heavy atom. The number of amides is 1. The molecule has 1 aromatic rings. The molecule has 0 radical (unpaired) electrons. The van der Waals surface area contributed by atoms with Gasteiger partial charge in [0.25, 0.3) is 0 Å². The van der Waals surface area contributed by atoms with Crippen LogP contribution in [0.4, 0.5) is 0 Å².